The lowest BCUT2D eigenvalue weighted by molar-refractivity contribution is 0.414. The van der Waals surface area contributed by atoms with E-state index in [1.165, 1.54) is 10.6 Å². The van der Waals surface area contributed by atoms with Crippen LogP contribution >= 0.6 is 11.3 Å². The molecule has 0 unspecified atom stereocenters. The van der Waals surface area contributed by atoms with Crippen LogP contribution in [-0.4, -0.2) is 37.0 Å². The minimum atomic E-state index is 0.473. The summed E-state index contributed by atoms with van der Waals surface area (Å²) in [7, 11) is 5.50. The first-order valence-corrected chi connectivity index (χ1v) is 8.90. The van der Waals surface area contributed by atoms with Crippen LogP contribution in [0.3, 0.4) is 0 Å². The molecule has 0 atom stereocenters. The largest absolute Gasteiger partial charge is 0.497 e. The van der Waals surface area contributed by atoms with Crippen molar-refractivity contribution in [3.8, 4) is 5.75 Å². The summed E-state index contributed by atoms with van der Waals surface area (Å²) in [6.07, 6.45) is 0. The van der Waals surface area contributed by atoms with E-state index in [0.717, 1.165) is 23.9 Å². The van der Waals surface area contributed by atoms with Gasteiger partial charge in [-0.25, -0.2) is 4.98 Å². The van der Waals surface area contributed by atoms with Gasteiger partial charge in [-0.05, 0) is 17.7 Å². The Kier molecular flexibility index (Phi) is 6.61. The summed E-state index contributed by atoms with van der Waals surface area (Å²) in [5, 5.41) is 6.66. The molecule has 0 saturated carbocycles. The van der Waals surface area contributed by atoms with Crippen LogP contribution in [-0.2, 0) is 13.1 Å². The summed E-state index contributed by atoms with van der Waals surface area (Å²) < 4.78 is 5.19. The van der Waals surface area contributed by atoms with Crippen molar-refractivity contribution in [2.24, 2.45) is 4.99 Å². The molecule has 130 valence electrons. The van der Waals surface area contributed by atoms with E-state index in [1.807, 2.05) is 19.2 Å². The second-order valence-corrected chi connectivity index (χ2v) is 6.83. The highest BCUT2D eigenvalue weighted by Crippen LogP contribution is 2.19. The number of benzene rings is 1. The predicted molar refractivity (Wildman–Crippen MR) is 101 cm³/mol. The number of aliphatic imine (C=N–C) groups is 1. The molecule has 6 heteroatoms. The van der Waals surface area contributed by atoms with Crippen molar-refractivity contribution in [3.05, 3.63) is 45.9 Å². The van der Waals surface area contributed by atoms with E-state index in [4.69, 9.17) is 4.74 Å². The standard InChI is InChI=1S/C18H26N4OS/c1-13(2)17-21-15(12-24-17)10-20-18(19-3)22(4)11-14-6-8-16(23-5)9-7-14/h6-9,12-13H,10-11H2,1-5H3,(H,19,20). The van der Waals surface area contributed by atoms with Crippen LogP contribution < -0.4 is 10.1 Å². The second-order valence-electron chi connectivity index (χ2n) is 5.94. The van der Waals surface area contributed by atoms with Crippen LogP contribution in [0.5, 0.6) is 5.75 Å². The first kappa shape index (κ1) is 18.3. The lowest BCUT2D eigenvalue weighted by Gasteiger charge is -2.22. The number of hydrogen-bond donors (Lipinski definition) is 1. The summed E-state index contributed by atoms with van der Waals surface area (Å²) >= 11 is 1.71. The van der Waals surface area contributed by atoms with E-state index in [1.54, 1.807) is 25.5 Å². The van der Waals surface area contributed by atoms with E-state index in [2.05, 4.69) is 51.6 Å². The molecule has 0 fully saturated rings. The van der Waals surface area contributed by atoms with Crippen LogP contribution in [0.1, 0.15) is 36.0 Å². The Hall–Kier alpha value is -2.08. The maximum Gasteiger partial charge on any atom is 0.194 e. The third-order valence-corrected chi connectivity index (χ3v) is 4.84. The lowest BCUT2D eigenvalue weighted by Crippen LogP contribution is -2.38. The van der Waals surface area contributed by atoms with Crippen LogP contribution in [0.15, 0.2) is 34.6 Å². The molecule has 0 radical (unpaired) electrons. The van der Waals surface area contributed by atoms with Crippen molar-refractivity contribution in [1.82, 2.24) is 15.2 Å². The quantitative estimate of drug-likeness (QED) is 0.643. The van der Waals surface area contributed by atoms with E-state index in [0.29, 0.717) is 12.5 Å². The van der Waals surface area contributed by atoms with Crippen LogP contribution in [0.4, 0.5) is 0 Å². The van der Waals surface area contributed by atoms with Gasteiger partial charge in [-0.15, -0.1) is 11.3 Å². The van der Waals surface area contributed by atoms with Crippen molar-refractivity contribution >= 4 is 17.3 Å². The molecule has 24 heavy (non-hydrogen) atoms. The fourth-order valence-electron chi connectivity index (χ4n) is 2.30. The van der Waals surface area contributed by atoms with Gasteiger partial charge in [0.2, 0.25) is 0 Å². The molecule has 0 aliphatic carbocycles. The number of guanidine groups is 1. The van der Waals surface area contributed by atoms with Gasteiger partial charge in [0, 0.05) is 31.9 Å². The van der Waals surface area contributed by atoms with Gasteiger partial charge < -0.3 is 15.0 Å². The first-order valence-electron chi connectivity index (χ1n) is 8.02. The van der Waals surface area contributed by atoms with Crippen LogP contribution in [0, 0.1) is 0 Å². The van der Waals surface area contributed by atoms with Gasteiger partial charge >= 0.3 is 0 Å². The Balaban J connectivity index is 1.91. The van der Waals surface area contributed by atoms with Crippen molar-refractivity contribution in [3.63, 3.8) is 0 Å². The molecule has 0 saturated heterocycles. The number of nitrogens with zero attached hydrogens (tertiary/aromatic N) is 3. The highest BCUT2D eigenvalue weighted by molar-refractivity contribution is 7.09. The number of nitrogens with one attached hydrogen (secondary N) is 1. The smallest absolute Gasteiger partial charge is 0.194 e. The molecule has 2 aromatic rings. The van der Waals surface area contributed by atoms with Crippen LogP contribution in [0.2, 0.25) is 0 Å². The van der Waals surface area contributed by atoms with Crippen molar-refractivity contribution in [2.45, 2.75) is 32.9 Å². The molecular weight excluding hydrogens is 320 g/mol. The SMILES string of the molecule is CN=C(NCc1csc(C(C)C)n1)N(C)Cc1ccc(OC)cc1. The Bertz CT molecular complexity index is 664. The highest BCUT2D eigenvalue weighted by atomic mass is 32.1. The topological polar surface area (TPSA) is 49.8 Å². The van der Waals surface area contributed by atoms with Crippen LogP contribution in [0.25, 0.3) is 0 Å². The lowest BCUT2D eigenvalue weighted by atomic mass is 10.2. The molecule has 0 aliphatic heterocycles. The van der Waals surface area contributed by atoms with Gasteiger partial charge in [0.05, 0.1) is 24.4 Å². The van der Waals surface area contributed by atoms with Gasteiger partial charge in [-0.3, -0.25) is 4.99 Å². The minimum absolute atomic E-state index is 0.473. The molecule has 0 bridgehead atoms. The molecule has 1 aromatic carbocycles. The zero-order chi connectivity index (χ0) is 17.5. The molecule has 0 aliphatic rings. The molecule has 2 rings (SSSR count). The summed E-state index contributed by atoms with van der Waals surface area (Å²) in [5.74, 6) is 2.19. The monoisotopic (exact) mass is 346 g/mol. The number of aromatic nitrogens is 1. The summed E-state index contributed by atoms with van der Waals surface area (Å²) in [6, 6.07) is 8.08. The third kappa shape index (κ3) is 4.96. The van der Waals surface area contributed by atoms with Crippen molar-refractivity contribution < 1.29 is 4.74 Å². The summed E-state index contributed by atoms with van der Waals surface area (Å²) in [4.78, 5) is 11.1. The fraction of sp³-hybridized carbons (Fsp3) is 0.444. The zero-order valence-electron chi connectivity index (χ0n) is 15.0. The second kappa shape index (κ2) is 8.68. The van der Waals surface area contributed by atoms with Gasteiger partial charge in [0.25, 0.3) is 0 Å². The average Bonchev–Trinajstić information content (AvgIpc) is 3.05. The third-order valence-electron chi connectivity index (χ3n) is 3.64. The fourth-order valence-corrected chi connectivity index (χ4v) is 3.14. The van der Waals surface area contributed by atoms with E-state index < -0.39 is 0 Å². The molecule has 0 amide bonds. The van der Waals surface area contributed by atoms with E-state index in [9.17, 15) is 0 Å². The van der Waals surface area contributed by atoms with Gasteiger partial charge in [-0.2, -0.15) is 0 Å². The summed E-state index contributed by atoms with van der Waals surface area (Å²) in [6.45, 7) is 5.79. The first-order chi connectivity index (χ1) is 11.5. The van der Waals surface area contributed by atoms with Gasteiger partial charge in [0.15, 0.2) is 5.96 Å². The highest BCUT2D eigenvalue weighted by Gasteiger charge is 2.09. The molecule has 1 aromatic heterocycles. The van der Waals surface area contributed by atoms with Crippen molar-refractivity contribution in [2.75, 3.05) is 21.2 Å². The van der Waals surface area contributed by atoms with E-state index >= 15 is 0 Å². The maximum atomic E-state index is 5.19. The number of methoxy groups -OCH3 is 1. The van der Waals surface area contributed by atoms with Gasteiger partial charge in [-0.1, -0.05) is 26.0 Å². The molecular formula is C18H26N4OS. The van der Waals surface area contributed by atoms with Crippen molar-refractivity contribution in [1.29, 1.82) is 0 Å². The maximum absolute atomic E-state index is 5.19. The Morgan fingerprint density at radius 1 is 1.33 bits per heavy atom. The zero-order valence-corrected chi connectivity index (χ0v) is 15.9. The number of thiazole rings is 1. The Morgan fingerprint density at radius 3 is 2.58 bits per heavy atom. The molecule has 0 spiro atoms. The Labute approximate surface area is 148 Å². The number of ether oxygens (including phenoxy) is 1. The van der Waals surface area contributed by atoms with E-state index in [-0.39, 0.29) is 0 Å². The molecule has 5 nitrogen and oxygen atoms in total. The predicted octanol–water partition coefficient (Wildman–Crippen LogP) is 3.48. The number of hydrogen-bond acceptors (Lipinski definition) is 4. The summed E-state index contributed by atoms with van der Waals surface area (Å²) in [5.41, 5.74) is 2.26. The average molecular weight is 347 g/mol. The molecule has 1 N–H and O–H groups in total. The Morgan fingerprint density at radius 2 is 2.04 bits per heavy atom. The normalized spacial score (nSPS) is 11.7. The van der Waals surface area contributed by atoms with Gasteiger partial charge in [0.1, 0.15) is 5.75 Å². The minimum Gasteiger partial charge on any atom is -0.497 e. The molecule has 1 heterocycles. The number of rotatable bonds is 6.